The fraction of sp³-hybridized carbons (Fsp3) is 0.579. The van der Waals surface area contributed by atoms with Gasteiger partial charge in [0.25, 0.3) is 5.91 Å². The second kappa shape index (κ2) is 7.43. The van der Waals surface area contributed by atoms with E-state index in [0.717, 1.165) is 18.2 Å². The van der Waals surface area contributed by atoms with Crippen LogP contribution in [-0.2, 0) is 4.79 Å². The van der Waals surface area contributed by atoms with Gasteiger partial charge in [-0.1, -0.05) is 20.8 Å². The number of hydrogen-bond acceptors (Lipinski definition) is 4. The zero-order valence-corrected chi connectivity index (χ0v) is 15.9. The van der Waals surface area contributed by atoms with Crippen molar-refractivity contribution in [1.29, 1.82) is 0 Å². The van der Waals surface area contributed by atoms with Gasteiger partial charge in [0.15, 0.2) is 0 Å². The largest absolute Gasteiger partial charge is 0.353 e. The molecule has 0 spiro atoms. The van der Waals surface area contributed by atoms with Gasteiger partial charge in [-0.3, -0.25) is 9.59 Å². The Bertz CT molecular complexity index is 815. The van der Waals surface area contributed by atoms with E-state index in [2.05, 4.69) is 27.2 Å². The number of aromatic amines is 1. The van der Waals surface area contributed by atoms with Crippen molar-refractivity contribution in [2.45, 2.75) is 46.6 Å². The van der Waals surface area contributed by atoms with E-state index in [1.54, 1.807) is 13.1 Å². The van der Waals surface area contributed by atoms with E-state index in [0.29, 0.717) is 30.3 Å². The second-order valence-electron chi connectivity index (χ2n) is 7.30. The lowest BCUT2D eigenvalue weighted by atomic mass is 9.92. The molecule has 2 N–H and O–H groups in total. The maximum atomic E-state index is 13.0. The molecule has 3 atom stereocenters. The van der Waals surface area contributed by atoms with Crippen LogP contribution in [0.2, 0.25) is 0 Å². The van der Waals surface area contributed by atoms with Crippen molar-refractivity contribution in [3.63, 3.8) is 0 Å². The maximum absolute atomic E-state index is 13.0. The van der Waals surface area contributed by atoms with Crippen LogP contribution in [0.3, 0.4) is 0 Å². The van der Waals surface area contributed by atoms with Crippen LogP contribution < -0.4 is 5.32 Å². The van der Waals surface area contributed by atoms with Crippen LogP contribution in [0.25, 0.3) is 11.0 Å². The van der Waals surface area contributed by atoms with Crippen LogP contribution in [0.4, 0.5) is 0 Å². The molecule has 1 aliphatic rings. The van der Waals surface area contributed by atoms with Gasteiger partial charge >= 0.3 is 0 Å². The Hall–Kier alpha value is -2.44. The van der Waals surface area contributed by atoms with E-state index in [1.807, 2.05) is 24.8 Å². The number of amides is 2. The van der Waals surface area contributed by atoms with Crippen molar-refractivity contribution in [3.8, 4) is 0 Å². The zero-order chi connectivity index (χ0) is 18.8. The lowest BCUT2D eigenvalue weighted by molar-refractivity contribution is -0.125. The van der Waals surface area contributed by atoms with Crippen LogP contribution in [0.1, 0.15) is 49.9 Å². The highest BCUT2D eigenvalue weighted by molar-refractivity contribution is 6.03. The number of nitrogens with zero attached hydrogens (tertiary/aromatic N) is 3. The van der Waals surface area contributed by atoms with Gasteiger partial charge in [-0.2, -0.15) is 0 Å². The molecule has 0 bridgehead atoms. The third-order valence-electron chi connectivity index (χ3n) is 5.31. The number of carbonyl (C=O) groups is 2. The Labute approximate surface area is 153 Å². The van der Waals surface area contributed by atoms with Gasteiger partial charge in [0.05, 0.1) is 5.39 Å². The van der Waals surface area contributed by atoms with Gasteiger partial charge in [0, 0.05) is 31.2 Å². The topological polar surface area (TPSA) is 91.0 Å². The summed E-state index contributed by atoms with van der Waals surface area (Å²) in [5, 5.41) is 3.90. The van der Waals surface area contributed by atoms with Gasteiger partial charge in [0.2, 0.25) is 5.91 Å². The first kappa shape index (κ1) is 18.4. The highest BCUT2D eigenvalue weighted by atomic mass is 16.2. The SMILES string of the molecule is CCC(C)C(=O)NC1CCN(C(=O)c2nc(C)nc3[nH]ccc23)CC1C. The smallest absolute Gasteiger partial charge is 0.273 e. The van der Waals surface area contributed by atoms with E-state index in [4.69, 9.17) is 0 Å². The predicted molar refractivity (Wildman–Crippen MR) is 99.7 cm³/mol. The summed E-state index contributed by atoms with van der Waals surface area (Å²) in [6.07, 6.45) is 3.36. The molecule has 3 rings (SSSR count). The van der Waals surface area contributed by atoms with Gasteiger partial charge < -0.3 is 15.2 Å². The van der Waals surface area contributed by atoms with Gasteiger partial charge in [-0.25, -0.2) is 9.97 Å². The molecule has 1 aliphatic heterocycles. The van der Waals surface area contributed by atoms with Crippen molar-refractivity contribution >= 4 is 22.8 Å². The summed E-state index contributed by atoms with van der Waals surface area (Å²) < 4.78 is 0. The van der Waals surface area contributed by atoms with Gasteiger partial charge in [-0.15, -0.1) is 0 Å². The normalized spacial score (nSPS) is 21.6. The summed E-state index contributed by atoms with van der Waals surface area (Å²) in [7, 11) is 0. The first-order chi connectivity index (χ1) is 12.4. The average Bonchev–Trinajstić information content (AvgIpc) is 3.09. The van der Waals surface area contributed by atoms with Crippen molar-refractivity contribution in [2.75, 3.05) is 13.1 Å². The second-order valence-corrected chi connectivity index (χ2v) is 7.30. The van der Waals surface area contributed by atoms with E-state index in [-0.39, 0.29) is 29.7 Å². The first-order valence-electron chi connectivity index (χ1n) is 9.32. The summed E-state index contributed by atoms with van der Waals surface area (Å²) in [5.74, 6) is 0.827. The molecular formula is C19H27N5O2. The molecule has 1 fully saturated rings. The molecule has 3 unspecified atom stereocenters. The fourth-order valence-electron chi connectivity index (χ4n) is 3.42. The molecule has 0 saturated carbocycles. The molecule has 2 aromatic rings. The molecule has 2 amide bonds. The number of carbonyl (C=O) groups excluding carboxylic acids is 2. The summed E-state index contributed by atoms with van der Waals surface area (Å²) >= 11 is 0. The van der Waals surface area contributed by atoms with Crippen molar-refractivity contribution in [2.24, 2.45) is 11.8 Å². The fourth-order valence-corrected chi connectivity index (χ4v) is 3.42. The first-order valence-corrected chi connectivity index (χ1v) is 9.32. The van der Waals surface area contributed by atoms with Crippen molar-refractivity contribution < 1.29 is 9.59 Å². The summed E-state index contributed by atoms with van der Waals surface area (Å²) in [6.45, 7) is 9.05. The molecule has 140 valence electrons. The number of aryl methyl sites for hydroxylation is 1. The van der Waals surface area contributed by atoms with Crippen LogP contribution in [0.15, 0.2) is 12.3 Å². The Morgan fingerprint density at radius 2 is 2.19 bits per heavy atom. The Kier molecular flexibility index (Phi) is 5.25. The summed E-state index contributed by atoms with van der Waals surface area (Å²) in [5.41, 5.74) is 1.13. The molecule has 2 aromatic heterocycles. The Morgan fingerprint density at radius 3 is 2.88 bits per heavy atom. The molecule has 0 aliphatic carbocycles. The molecule has 7 heteroatoms. The van der Waals surface area contributed by atoms with E-state index in [9.17, 15) is 9.59 Å². The number of hydrogen-bond donors (Lipinski definition) is 2. The quantitative estimate of drug-likeness (QED) is 0.878. The number of rotatable bonds is 4. The molecule has 3 heterocycles. The average molecular weight is 357 g/mol. The van der Waals surface area contributed by atoms with Crippen LogP contribution in [0, 0.1) is 18.8 Å². The zero-order valence-electron chi connectivity index (χ0n) is 15.9. The molecule has 0 aromatic carbocycles. The summed E-state index contributed by atoms with van der Waals surface area (Å²) in [6, 6.07) is 1.95. The number of nitrogens with one attached hydrogen (secondary N) is 2. The minimum absolute atomic E-state index is 0.0210. The summed E-state index contributed by atoms with van der Waals surface area (Å²) in [4.78, 5) is 38.8. The van der Waals surface area contributed by atoms with Crippen LogP contribution in [0.5, 0.6) is 0 Å². The van der Waals surface area contributed by atoms with E-state index < -0.39 is 0 Å². The van der Waals surface area contributed by atoms with Crippen molar-refractivity contribution in [1.82, 2.24) is 25.2 Å². The number of H-pyrrole nitrogens is 1. The Balaban J connectivity index is 1.71. The molecular weight excluding hydrogens is 330 g/mol. The Morgan fingerprint density at radius 1 is 1.42 bits per heavy atom. The standard InChI is InChI=1S/C19H27N5O2/c1-5-11(2)18(25)23-15-7-9-24(10-12(15)3)19(26)16-14-6-8-20-17(14)22-13(4)21-16/h6,8,11-12,15H,5,7,9-10H2,1-4H3,(H,23,25)(H,20,21,22). The maximum Gasteiger partial charge on any atom is 0.273 e. The minimum Gasteiger partial charge on any atom is -0.353 e. The molecule has 0 radical (unpaired) electrons. The third kappa shape index (κ3) is 3.57. The number of fused-ring (bicyclic) bond motifs is 1. The molecule has 7 nitrogen and oxygen atoms in total. The predicted octanol–water partition coefficient (Wildman–Crippen LogP) is 2.28. The minimum atomic E-state index is -0.0707. The molecule has 1 saturated heterocycles. The lowest BCUT2D eigenvalue weighted by Crippen LogP contribution is -2.52. The highest BCUT2D eigenvalue weighted by Crippen LogP contribution is 2.22. The monoisotopic (exact) mass is 357 g/mol. The lowest BCUT2D eigenvalue weighted by Gasteiger charge is -2.37. The highest BCUT2D eigenvalue weighted by Gasteiger charge is 2.32. The van der Waals surface area contributed by atoms with Gasteiger partial charge in [-0.05, 0) is 31.7 Å². The van der Waals surface area contributed by atoms with Crippen molar-refractivity contribution in [3.05, 3.63) is 23.8 Å². The third-order valence-corrected chi connectivity index (χ3v) is 5.31. The van der Waals surface area contributed by atoms with Gasteiger partial charge in [0.1, 0.15) is 17.2 Å². The van der Waals surface area contributed by atoms with E-state index >= 15 is 0 Å². The van der Waals surface area contributed by atoms with Crippen LogP contribution >= 0.6 is 0 Å². The molecule has 26 heavy (non-hydrogen) atoms. The number of likely N-dealkylation sites (tertiary alicyclic amines) is 1. The number of aromatic nitrogens is 3. The van der Waals surface area contributed by atoms with Crippen LogP contribution in [-0.4, -0.2) is 50.8 Å². The van der Waals surface area contributed by atoms with E-state index in [1.165, 1.54) is 0 Å². The number of piperidine rings is 1.